The normalized spacial score (nSPS) is 23.9. The number of halogens is 1. The molecule has 20 heavy (non-hydrogen) atoms. The first-order chi connectivity index (χ1) is 9.56. The predicted octanol–water partition coefficient (Wildman–Crippen LogP) is 3.00. The molecule has 1 aliphatic rings. The minimum Gasteiger partial charge on any atom is -0.393 e. The summed E-state index contributed by atoms with van der Waals surface area (Å²) >= 11 is 6.11. The van der Waals surface area contributed by atoms with E-state index in [0.717, 1.165) is 31.2 Å². The number of aliphatic hydroxyl groups is 1. The average Bonchev–Trinajstić information content (AvgIpc) is 2.41. The van der Waals surface area contributed by atoms with E-state index >= 15 is 0 Å². The molecule has 1 fully saturated rings. The SMILES string of the molecule is CC(NC(=O)NC1CCC(O)CC1)c1ccccc1Cl. The molecule has 0 bridgehead atoms. The van der Waals surface area contributed by atoms with E-state index in [1.165, 1.54) is 0 Å². The molecule has 110 valence electrons. The standard InChI is InChI=1S/C15H21ClN2O2/c1-10(13-4-2-3-5-14(13)16)17-15(20)18-11-6-8-12(19)9-7-11/h2-5,10-12,19H,6-9H2,1H3,(H2,17,18,20). The molecule has 4 nitrogen and oxygen atoms in total. The maximum atomic E-state index is 12.0. The van der Waals surface area contributed by atoms with Crippen LogP contribution in [0.1, 0.15) is 44.2 Å². The Morgan fingerprint density at radius 2 is 1.95 bits per heavy atom. The van der Waals surface area contributed by atoms with Gasteiger partial charge in [0.05, 0.1) is 12.1 Å². The van der Waals surface area contributed by atoms with E-state index in [4.69, 9.17) is 11.6 Å². The molecule has 0 spiro atoms. The Kier molecular flexibility index (Phi) is 5.26. The van der Waals surface area contributed by atoms with Gasteiger partial charge < -0.3 is 15.7 Å². The van der Waals surface area contributed by atoms with Crippen LogP contribution < -0.4 is 10.6 Å². The van der Waals surface area contributed by atoms with Crippen molar-refractivity contribution in [1.82, 2.24) is 10.6 Å². The molecule has 5 heteroatoms. The second-order valence-electron chi connectivity index (χ2n) is 5.37. The Morgan fingerprint density at radius 3 is 2.60 bits per heavy atom. The number of rotatable bonds is 3. The highest BCUT2D eigenvalue weighted by Crippen LogP contribution is 2.22. The Hall–Kier alpha value is -1.26. The van der Waals surface area contributed by atoms with Crippen molar-refractivity contribution in [2.24, 2.45) is 0 Å². The van der Waals surface area contributed by atoms with Crippen molar-refractivity contribution in [3.05, 3.63) is 34.9 Å². The minimum atomic E-state index is -0.210. The molecule has 0 saturated heterocycles. The molecule has 1 saturated carbocycles. The van der Waals surface area contributed by atoms with Crippen LogP contribution >= 0.6 is 11.6 Å². The lowest BCUT2D eigenvalue weighted by molar-refractivity contribution is 0.117. The first-order valence-electron chi connectivity index (χ1n) is 7.06. The van der Waals surface area contributed by atoms with E-state index in [1.807, 2.05) is 31.2 Å². The lowest BCUT2D eigenvalue weighted by Crippen LogP contribution is -2.44. The van der Waals surface area contributed by atoms with Gasteiger partial charge in [-0.15, -0.1) is 0 Å². The number of urea groups is 1. The Bertz CT molecular complexity index is 459. The summed E-state index contributed by atoms with van der Waals surface area (Å²) in [6.07, 6.45) is 2.96. The number of carbonyl (C=O) groups excluding carboxylic acids is 1. The monoisotopic (exact) mass is 296 g/mol. The topological polar surface area (TPSA) is 61.4 Å². The van der Waals surface area contributed by atoms with Crippen LogP contribution in [0.15, 0.2) is 24.3 Å². The summed E-state index contributed by atoms with van der Waals surface area (Å²) in [7, 11) is 0. The summed E-state index contributed by atoms with van der Waals surface area (Å²) in [6.45, 7) is 1.91. The van der Waals surface area contributed by atoms with Gasteiger partial charge in [0.1, 0.15) is 0 Å². The lowest BCUT2D eigenvalue weighted by atomic mass is 9.93. The first kappa shape index (κ1) is 15.1. The number of carbonyl (C=O) groups is 1. The molecular weight excluding hydrogens is 276 g/mol. The number of nitrogens with one attached hydrogen (secondary N) is 2. The van der Waals surface area contributed by atoms with E-state index < -0.39 is 0 Å². The van der Waals surface area contributed by atoms with Gasteiger partial charge in [0.2, 0.25) is 0 Å². The van der Waals surface area contributed by atoms with Crippen molar-refractivity contribution in [2.75, 3.05) is 0 Å². The van der Waals surface area contributed by atoms with Gasteiger partial charge >= 0.3 is 6.03 Å². The van der Waals surface area contributed by atoms with E-state index in [0.29, 0.717) is 5.02 Å². The Labute approximate surface area is 124 Å². The molecule has 1 aliphatic carbocycles. The highest BCUT2D eigenvalue weighted by atomic mass is 35.5. The fourth-order valence-corrected chi connectivity index (χ4v) is 2.85. The molecule has 1 aromatic carbocycles. The third-order valence-electron chi connectivity index (χ3n) is 3.75. The van der Waals surface area contributed by atoms with Gasteiger partial charge in [-0.25, -0.2) is 4.79 Å². The molecule has 2 rings (SSSR count). The second kappa shape index (κ2) is 6.95. The molecular formula is C15H21ClN2O2. The third-order valence-corrected chi connectivity index (χ3v) is 4.10. The van der Waals surface area contributed by atoms with E-state index in [9.17, 15) is 9.90 Å². The van der Waals surface area contributed by atoms with Crippen LogP contribution in [0.2, 0.25) is 5.02 Å². The van der Waals surface area contributed by atoms with Crippen LogP contribution in [0, 0.1) is 0 Å². The molecule has 0 heterocycles. The minimum absolute atomic E-state index is 0.141. The van der Waals surface area contributed by atoms with Gasteiger partial charge in [-0.2, -0.15) is 0 Å². The van der Waals surface area contributed by atoms with Crippen molar-refractivity contribution in [3.8, 4) is 0 Å². The quantitative estimate of drug-likeness (QED) is 0.803. The zero-order valence-corrected chi connectivity index (χ0v) is 12.4. The summed E-state index contributed by atoms with van der Waals surface area (Å²) < 4.78 is 0. The van der Waals surface area contributed by atoms with Crippen molar-refractivity contribution < 1.29 is 9.90 Å². The number of hydrogen-bond donors (Lipinski definition) is 3. The van der Waals surface area contributed by atoms with Crippen LogP contribution in [0.3, 0.4) is 0 Å². The van der Waals surface area contributed by atoms with Crippen LogP contribution in [0.4, 0.5) is 4.79 Å². The van der Waals surface area contributed by atoms with Gasteiger partial charge in [-0.05, 0) is 44.2 Å². The highest BCUT2D eigenvalue weighted by molar-refractivity contribution is 6.31. The van der Waals surface area contributed by atoms with Crippen molar-refractivity contribution in [2.45, 2.75) is 50.8 Å². The molecule has 0 aromatic heterocycles. The van der Waals surface area contributed by atoms with Crippen molar-refractivity contribution >= 4 is 17.6 Å². The number of hydrogen-bond acceptors (Lipinski definition) is 2. The predicted molar refractivity (Wildman–Crippen MR) is 79.8 cm³/mol. The largest absolute Gasteiger partial charge is 0.393 e. The zero-order valence-electron chi connectivity index (χ0n) is 11.6. The van der Waals surface area contributed by atoms with Gasteiger partial charge in [0, 0.05) is 11.1 Å². The molecule has 1 aromatic rings. The van der Waals surface area contributed by atoms with Crippen LogP contribution in [0.5, 0.6) is 0 Å². The maximum Gasteiger partial charge on any atom is 0.315 e. The van der Waals surface area contributed by atoms with Gasteiger partial charge in [-0.1, -0.05) is 29.8 Å². The Morgan fingerprint density at radius 1 is 1.30 bits per heavy atom. The van der Waals surface area contributed by atoms with Crippen molar-refractivity contribution in [1.29, 1.82) is 0 Å². The average molecular weight is 297 g/mol. The molecule has 3 N–H and O–H groups in total. The second-order valence-corrected chi connectivity index (χ2v) is 5.77. The van der Waals surface area contributed by atoms with E-state index in [-0.39, 0.29) is 24.2 Å². The van der Waals surface area contributed by atoms with Gasteiger partial charge in [0.15, 0.2) is 0 Å². The number of aliphatic hydroxyl groups excluding tert-OH is 1. The van der Waals surface area contributed by atoms with E-state index in [2.05, 4.69) is 10.6 Å². The molecule has 2 amide bonds. The number of benzene rings is 1. The maximum absolute atomic E-state index is 12.0. The molecule has 1 atom stereocenters. The fourth-order valence-electron chi connectivity index (χ4n) is 2.55. The van der Waals surface area contributed by atoms with Crippen LogP contribution in [0.25, 0.3) is 0 Å². The highest BCUT2D eigenvalue weighted by Gasteiger charge is 2.21. The summed E-state index contributed by atoms with van der Waals surface area (Å²) in [5.74, 6) is 0. The molecule has 1 unspecified atom stereocenters. The first-order valence-corrected chi connectivity index (χ1v) is 7.43. The summed E-state index contributed by atoms with van der Waals surface area (Å²) in [6, 6.07) is 7.32. The van der Waals surface area contributed by atoms with E-state index in [1.54, 1.807) is 0 Å². The number of amides is 2. The van der Waals surface area contributed by atoms with Crippen LogP contribution in [-0.2, 0) is 0 Å². The molecule has 0 radical (unpaired) electrons. The molecule has 0 aliphatic heterocycles. The Balaban J connectivity index is 1.84. The van der Waals surface area contributed by atoms with Crippen LogP contribution in [-0.4, -0.2) is 23.3 Å². The van der Waals surface area contributed by atoms with Crippen molar-refractivity contribution in [3.63, 3.8) is 0 Å². The van der Waals surface area contributed by atoms with Gasteiger partial charge in [0.25, 0.3) is 0 Å². The third kappa shape index (κ3) is 4.12. The smallest absolute Gasteiger partial charge is 0.315 e. The summed E-state index contributed by atoms with van der Waals surface area (Å²) in [5, 5.41) is 16.0. The lowest BCUT2D eigenvalue weighted by Gasteiger charge is -2.27. The zero-order chi connectivity index (χ0) is 14.5. The summed E-state index contributed by atoms with van der Waals surface area (Å²) in [4.78, 5) is 12.0. The fraction of sp³-hybridized carbons (Fsp3) is 0.533. The summed E-state index contributed by atoms with van der Waals surface area (Å²) in [5.41, 5.74) is 0.906. The van der Waals surface area contributed by atoms with Gasteiger partial charge in [-0.3, -0.25) is 0 Å².